The Labute approximate surface area is 180 Å². The maximum absolute atomic E-state index is 12.9. The number of carbonyl (C=O) groups excluding carboxylic acids is 1. The summed E-state index contributed by atoms with van der Waals surface area (Å²) in [6.07, 6.45) is 3.63. The van der Waals surface area contributed by atoms with Gasteiger partial charge in [0.15, 0.2) is 5.69 Å². The second-order valence-electron chi connectivity index (χ2n) is 7.43. The highest BCUT2D eigenvalue weighted by Crippen LogP contribution is 2.25. The Balaban J connectivity index is 1.48. The third-order valence-electron chi connectivity index (χ3n) is 5.06. The molecule has 0 atom stereocenters. The molecule has 7 heteroatoms. The van der Waals surface area contributed by atoms with Crippen LogP contribution in [0.5, 0.6) is 5.75 Å². The van der Waals surface area contributed by atoms with Crippen LogP contribution < -0.4 is 10.1 Å². The minimum atomic E-state index is -0.340. The van der Waals surface area contributed by atoms with Crippen molar-refractivity contribution in [1.82, 2.24) is 14.9 Å². The Bertz CT molecular complexity index is 1180. The normalized spacial score (nSPS) is 10.8. The number of benzene rings is 2. The SMILES string of the molecule is Cc1cccc(C)c1OCc1c(C(=O)Nc2cccc(Cn3cccn3)c2)noc1C. The molecule has 4 aromatic rings. The zero-order valence-electron chi connectivity index (χ0n) is 17.8. The topological polar surface area (TPSA) is 82.2 Å². The van der Waals surface area contributed by atoms with Gasteiger partial charge in [-0.3, -0.25) is 9.48 Å². The highest BCUT2D eigenvalue weighted by Gasteiger charge is 2.21. The number of nitrogens with zero attached hydrogens (tertiary/aromatic N) is 3. The largest absolute Gasteiger partial charge is 0.488 e. The molecule has 4 rings (SSSR count). The molecule has 2 aromatic heterocycles. The van der Waals surface area contributed by atoms with Crippen LogP contribution in [-0.2, 0) is 13.2 Å². The Morgan fingerprint density at radius 1 is 1.10 bits per heavy atom. The quantitative estimate of drug-likeness (QED) is 0.473. The van der Waals surface area contributed by atoms with E-state index in [-0.39, 0.29) is 18.2 Å². The van der Waals surface area contributed by atoms with Gasteiger partial charge in [-0.2, -0.15) is 5.10 Å². The molecule has 0 saturated heterocycles. The number of anilines is 1. The standard InChI is InChI=1S/C24H24N4O3/c1-16-7-4-8-17(2)23(16)30-15-21-18(3)31-27-22(21)24(29)26-20-10-5-9-19(13-20)14-28-12-6-11-25-28/h4-13H,14-15H2,1-3H3,(H,26,29). The molecular weight excluding hydrogens is 392 g/mol. The van der Waals surface area contributed by atoms with Crippen LogP contribution in [0, 0.1) is 20.8 Å². The van der Waals surface area contributed by atoms with E-state index in [2.05, 4.69) is 15.6 Å². The maximum Gasteiger partial charge on any atom is 0.278 e. The molecule has 0 bridgehead atoms. The van der Waals surface area contributed by atoms with Crippen molar-refractivity contribution < 1.29 is 14.1 Å². The van der Waals surface area contributed by atoms with Crippen molar-refractivity contribution in [1.29, 1.82) is 0 Å². The molecule has 2 aromatic carbocycles. The third-order valence-corrected chi connectivity index (χ3v) is 5.06. The van der Waals surface area contributed by atoms with Crippen molar-refractivity contribution in [3.8, 4) is 5.75 Å². The van der Waals surface area contributed by atoms with Crippen molar-refractivity contribution >= 4 is 11.6 Å². The number of nitrogens with one attached hydrogen (secondary N) is 1. The highest BCUT2D eigenvalue weighted by molar-refractivity contribution is 6.03. The van der Waals surface area contributed by atoms with E-state index < -0.39 is 0 Å². The van der Waals surface area contributed by atoms with Gasteiger partial charge in [0.2, 0.25) is 0 Å². The summed E-state index contributed by atoms with van der Waals surface area (Å²) < 4.78 is 13.1. The molecule has 0 spiro atoms. The van der Waals surface area contributed by atoms with E-state index in [1.165, 1.54) is 0 Å². The number of hydrogen-bond acceptors (Lipinski definition) is 5. The molecule has 0 saturated carbocycles. The highest BCUT2D eigenvalue weighted by atomic mass is 16.5. The molecule has 0 aliphatic rings. The molecule has 0 aliphatic heterocycles. The van der Waals surface area contributed by atoms with E-state index in [1.54, 1.807) is 13.1 Å². The number of carbonyl (C=O) groups is 1. The van der Waals surface area contributed by atoms with Crippen LogP contribution in [0.1, 0.15) is 38.5 Å². The lowest BCUT2D eigenvalue weighted by Crippen LogP contribution is -2.16. The van der Waals surface area contributed by atoms with Gasteiger partial charge in [0.25, 0.3) is 5.91 Å². The van der Waals surface area contributed by atoms with E-state index in [9.17, 15) is 4.79 Å². The number of ether oxygens (including phenoxy) is 1. The first-order chi connectivity index (χ1) is 15.0. The average Bonchev–Trinajstić information content (AvgIpc) is 3.38. The summed E-state index contributed by atoms with van der Waals surface area (Å²) in [5, 5.41) is 11.1. The van der Waals surface area contributed by atoms with Crippen molar-refractivity contribution in [2.75, 3.05) is 5.32 Å². The van der Waals surface area contributed by atoms with Crippen molar-refractivity contribution in [3.63, 3.8) is 0 Å². The summed E-state index contributed by atoms with van der Waals surface area (Å²) in [6.45, 7) is 6.58. The van der Waals surface area contributed by atoms with Crippen molar-refractivity contribution in [3.05, 3.63) is 94.6 Å². The molecule has 158 valence electrons. The van der Waals surface area contributed by atoms with Gasteiger partial charge in [-0.05, 0) is 55.7 Å². The second kappa shape index (κ2) is 8.87. The predicted molar refractivity (Wildman–Crippen MR) is 117 cm³/mol. The van der Waals surface area contributed by atoms with E-state index in [0.29, 0.717) is 23.6 Å². The summed E-state index contributed by atoms with van der Waals surface area (Å²) in [5.74, 6) is 1.03. The molecule has 2 heterocycles. The third kappa shape index (κ3) is 4.66. The Kier molecular flexibility index (Phi) is 5.84. The number of aromatic nitrogens is 3. The van der Waals surface area contributed by atoms with Gasteiger partial charge in [-0.1, -0.05) is 35.5 Å². The van der Waals surface area contributed by atoms with Crippen LogP contribution in [0.15, 0.2) is 65.4 Å². The van der Waals surface area contributed by atoms with Gasteiger partial charge in [0.1, 0.15) is 18.1 Å². The number of aryl methyl sites for hydroxylation is 3. The fourth-order valence-corrected chi connectivity index (χ4v) is 3.43. The van der Waals surface area contributed by atoms with Gasteiger partial charge in [0.05, 0.1) is 12.1 Å². The van der Waals surface area contributed by atoms with Gasteiger partial charge < -0.3 is 14.6 Å². The molecular formula is C24H24N4O3. The fraction of sp³-hybridized carbons (Fsp3) is 0.208. The molecule has 0 radical (unpaired) electrons. The van der Waals surface area contributed by atoms with Crippen LogP contribution in [0.25, 0.3) is 0 Å². The van der Waals surface area contributed by atoms with Crippen LogP contribution in [0.3, 0.4) is 0 Å². The smallest absolute Gasteiger partial charge is 0.278 e. The first-order valence-electron chi connectivity index (χ1n) is 10.0. The lowest BCUT2D eigenvalue weighted by atomic mass is 10.1. The summed E-state index contributed by atoms with van der Waals surface area (Å²) in [5.41, 5.74) is 4.63. The Hall–Kier alpha value is -3.87. The lowest BCUT2D eigenvalue weighted by molar-refractivity contribution is 0.101. The number of rotatable bonds is 7. The molecule has 7 nitrogen and oxygen atoms in total. The maximum atomic E-state index is 12.9. The van der Waals surface area contributed by atoms with Gasteiger partial charge in [-0.15, -0.1) is 0 Å². The molecule has 31 heavy (non-hydrogen) atoms. The summed E-state index contributed by atoms with van der Waals surface area (Å²) in [7, 11) is 0. The molecule has 0 unspecified atom stereocenters. The van der Waals surface area contributed by atoms with Crippen molar-refractivity contribution in [2.45, 2.75) is 33.9 Å². The van der Waals surface area contributed by atoms with Crippen LogP contribution >= 0.6 is 0 Å². The predicted octanol–water partition coefficient (Wildman–Crippen LogP) is 4.68. The number of hydrogen-bond donors (Lipinski definition) is 1. The zero-order chi connectivity index (χ0) is 21.8. The molecule has 0 aliphatic carbocycles. The van der Waals surface area contributed by atoms with Gasteiger partial charge in [-0.25, -0.2) is 0 Å². The minimum absolute atomic E-state index is 0.198. The van der Waals surface area contributed by atoms with Crippen molar-refractivity contribution in [2.24, 2.45) is 0 Å². The summed E-state index contributed by atoms with van der Waals surface area (Å²) in [4.78, 5) is 12.9. The van der Waals surface area contributed by atoms with Crippen LogP contribution in [0.2, 0.25) is 0 Å². The molecule has 0 fully saturated rings. The minimum Gasteiger partial charge on any atom is -0.488 e. The van der Waals surface area contributed by atoms with Gasteiger partial charge >= 0.3 is 0 Å². The summed E-state index contributed by atoms with van der Waals surface area (Å²) in [6, 6.07) is 15.5. The fourth-order valence-electron chi connectivity index (χ4n) is 3.43. The zero-order valence-corrected chi connectivity index (χ0v) is 17.8. The monoisotopic (exact) mass is 416 g/mol. The Morgan fingerprint density at radius 2 is 1.87 bits per heavy atom. The Morgan fingerprint density at radius 3 is 2.61 bits per heavy atom. The first-order valence-corrected chi connectivity index (χ1v) is 10.0. The number of para-hydroxylation sites is 1. The van der Waals surface area contributed by atoms with E-state index in [0.717, 1.165) is 22.4 Å². The molecule has 1 N–H and O–H groups in total. The number of amides is 1. The first kappa shape index (κ1) is 20.4. The van der Waals surface area contributed by atoms with E-state index >= 15 is 0 Å². The van der Waals surface area contributed by atoms with Crippen LogP contribution in [-0.4, -0.2) is 20.8 Å². The van der Waals surface area contributed by atoms with Gasteiger partial charge in [0, 0.05) is 18.1 Å². The average molecular weight is 416 g/mol. The molecule has 1 amide bonds. The van der Waals surface area contributed by atoms with Crippen LogP contribution in [0.4, 0.5) is 5.69 Å². The van der Waals surface area contributed by atoms with E-state index in [1.807, 2.05) is 73.3 Å². The second-order valence-corrected chi connectivity index (χ2v) is 7.43. The lowest BCUT2D eigenvalue weighted by Gasteiger charge is -2.12. The van der Waals surface area contributed by atoms with E-state index in [4.69, 9.17) is 9.26 Å². The summed E-state index contributed by atoms with van der Waals surface area (Å²) >= 11 is 0.